The molecular formula is C33H42ClN3O4S. The van der Waals surface area contributed by atoms with Gasteiger partial charge >= 0.3 is 0 Å². The molecule has 0 aliphatic heterocycles. The van der Waals surface area contributed by atoms with Gasteiger partial charge in [0.25, 0.3) is 0 Å². The van der Waals surface area contributed by atoms with Crippen molar-refractivity contribution in [2.24, 2.45) is 0 Å². The first-order valence-electron chi connectivity index (χ1n) is 14.3. The molecule has 0 bridgehead atoms. The predicted octanol–water partition coefficient (Wildman–Crippen LogP) is 6.06. The molecule has 0 fully saturated rings. The number of hydrogen-bond acceptors (Lipinski definition) is 4. The Balaban J connectivity index is 1.91. The van der Waals surface area contributed by atoms with Gasteiger partial charge in [0, 0.05) is 37.0 Å². The average Bonchev–Trinajstić information content (AvgIpc) is 2.94. The number of aryl methyl sites for hydroxylation is 2. The third kappa shape index (κ3) is 9.60. The maximum Gasteiger partial charge on any atom is 0.243 e. The van der Waals surface area contributed by atoms with Gasteiger partial charge in [-0.1, -0.05) is 84.8 Å². The molecule has 226 valence electrons. The van der Waals surface area contributed by atoms with Crippen LogP contribution in [-0.4, -0.2) is 50.0 Å². The van der Waals surface area contributed by atoms with Gasteiger partial charge in [-0.2, -0.15) is 0 Å². The van der Waals surface area contributed by atoms with Gasteiger partial charge in [0.05, 0.1) is 11.9 Å². The van der Waals surface area contributed by atoms with E-state index in [9.17, 15) is 18.0 Å². The molecule has 0 aliphatic rings. The summed E-state index contributed by atoms with van der Waals surface area (Å²) in [5.41, 5.74) is 4.18. The molecule has 2 amide bonds. The molecule has 0 radical (unpaired) electrons. The second kappa shape index (κ2) is 15.2. The van der Waals surface area contributed by atoms with Gasteiger partial charge in [-0.15, -0.1) is 0 Å². The molecule has 0 aliphatic carbocycles. The lowest BCUT2D eigenvalue weighted by atomic mass is 10.0. The number of nitrogens with zero attached hydrogens (tertiary/aromatic N) is 2. The Labute approximate surface area is 255 Å². The summed E-state index contributed by atoms with van der Waals surface area (Å²) < 4.78 is 26.8. The summed E-state index contributed by atoms with van der Waals surface area (Å²) in [5.74, 6) is -0.422. The molecule has 7 nitrogen and oxygen atoms in total. The van der Waals surface area contributed by atoms with Crippen LogP contribution in [0.1, 0.15) is 55.4 Å². The van der Waals surface area contributed by atoms with Gasteiger partial charge in [0.15, 0.2) is 0 Å². The lowest BCUT2D eigenvalue weighted by Crippen LogP contribution is -2.52. The highest BCUT2D eigenvalue weighted by molar-refractivity contribution is 7.92. The minimum atomic E-state index is -3.63. The number of anilines is 1. The summed E-state index contributed by atoms with van der Waals surface area (Å²) >= 11 is 6.18. The Kier molecular flexibility index (Phi) is 12.0. The van der Waals surface area contributed by atoms with Crippen molar-refractivity contribution in [3.05, 3.63) is 100 Å². The van der Waals surface area contributed by atoms with Crippen LogP contribution in [0.4, 0.5) is 5.69 Å². The van der Waals surface area contributed by atoms with Crippen LogP contribution < -0.4 is 9.62 Å². The van der Waals surface area contributed by atoms with Gasteiger partial charge in [-0.3, -0.25) is 13.9 Å². The van der Waals surface area contributed by atoms with Crippen molar-refractivity contribution in [2.75, 3.05) is 17.1 Å². The van der Waals surface area contributed by atoms with Crippen molar-refractivity contribution >= 4 is 39.1 Å². The number of hydrogen-bond donors (Lipinski definition) is 1. The van der Waals surface area contributed by atoms with E-state index < -0.39 is 16.1 Å². The molecule has 2 atom stereocenters. The number of amides is 2. The lowest BCUT2D eigenvalue weighted by molar-refractivity contribution is -0.141. The highest BCUT2D eigenvalue weighted by Gasteiger charge is 2.31. The number of halogens is 1. The van der Waals surface area contributed by atoms with E-state index >= 15 is 0 Å². The van der Waals surface area contributed by atoms with E-state index in [1.54, 1.807) is 23.1 Å². The lowest BCUT2D eigenvalue weighted by Gasteiger charge is -2.33. The molecule has 0 heterocycles. The van der Waals surface area contributed by atoms with Crippen LogP contribution in [0.3, 0.4) is 0 Å². The number of sulfonamides is 1. The van der Waals surface area contributed by atoms with Crippen molar-refractivity contribution in [3.63, 3.8) is 0 Å². The zero-order valence-corrected chi connectivity index (χ0v) is 26.7. The SMILES string of the molecule is CC[C@@H](C)NC(=O)[C@H](Cc1ccccc1)N(Cc1cccc(C)c1)C(=O)CCCN(c1cc(Cl)ccc1C)S(C)(=O)=O. The second-order valence-electron chi connectivity index (χ2n) is 10.9. The first kappa shape index (κ1) is 33.1. The molecule has 3 aromatic carbocycles. The number of carbonyl (C=O) groups is 2. The number of carbonyl (C=O) groups excluding carboxylic acids is 2. The molecule has 1 N–H and O–H groups in total. The van der Waals surface area contributed by atoms with E-state index in [-0.39, 0.29) is 43.8 Å². The standard InChI is InChI=1S/C33H42ClN3O4S/c1-6-26(4)35-33(39)31(21-27-13-8-7-9-14-27)36(23-28-15-10-12-24(2)20-28)32(38)16-11-19-37(42(5,40)41)30-22-29(34)18-17-25(30)3/h7-10,12-15,17-18,20,22,26,31H,6,11,16,19,21,23H2,1-5H3,(H,35,39)/t26-,31+/m1/s1. The maximum atomic E-state index is 14.0. The van der Waals surface area contributed by atoms with E-state index in [4.69, 9.17) is 11.6 Å². The third-order valence-corrected chi connectivity index (χ3v) is 8.71. The monoisotopic (exact) mass is 611 g/mol. The van der Waals surface area contributed by atoms with Crippen LogP contribution in [0, 0.1) is 13.8 Å². The third-order valence-electron chi connectivity index (χ3n) is 7.30. The molecule has 42 heavy (non-hydrogen) atoms. The van der Waals surface area contributed by atoms with Crippen LogP contribution >= 0.6 is 11.6 Å². The molecular weight excluding hydrogens is 570 g/mol. The largest absolute Gasteiger partial charge is 0.352 e. The zero-order chi connectivity index (χ0) is 30.9. The quantitative estimate of drug-likeness (QED) is 0.240. The molecule has 0 aromatic heterocycles. The van der Waals surface area contributed by atoms with Crippen LogP contribution in [0.15, 0.2) is 72.8 Å². The number of nitrogens with one attached hydrogen (secondary N) is 1. The number of benzene rings is 3. The summed E-state index contributed by atoms with van der Waals surface area (Å²) in [7, 11) is -3.63. The van der Waals surface area contributed by atoms with Crippen molar-refractivity contribution in [2.45, 2.75) is 72.0 Å². The van der Waals surface area contributed by atoms with E-state index in [1.807, 2.05) is 82.3 Å². The fraction of sp³-hybridized carbons (Fsp3) is 0.394. The summed E-state index contributed by atoms with van der Waals surface area (Å²) in [6.45, 7) is 8.12. The molecule has 9 heteroatoms. The minimum absolute atomic E-state index is 0.0454. The Hall–Kier alpha value is -3.36. The van der Waals surface area contributed by atoms with Gasteiger partial charge in [-0.25, -0.2) is 8.42 Å². The highest BCUT2D eigenvalue weighted by Crippen LogP contribution is 2.27. The summed E-state index contributed by atoms with van der Waals surface area (Å²) in [5, 5.41) is 3.51. The zero-order valence-electron chi connectivity index (χ0n) is 25.1. The van der Waals surface area contributed by atoms with Crippen LogP contribution in [0.5, 0.6) is 0 Å². The summed E-state index contributed by atoms with van der Waals surface area (Å²) in [4.78, 5) is 29.3. The smallest absolute Gasteiger partial charge is 0.243 e. The molecule has 3 rings (SSSR count). The average molecular weight is 612 g/mol. The topological polar surface area (TPSA) is 86.8 Å². The number of rotatable bonds is 14. The Morgan fingerprint density at radius 1 is 0.952 bits per heavy atom. The van der Waals surface area contributed by atoms with Crippen molar-refractivity contribution in [1.82, 2.24) is 10.2 Å². The van der Waals surface area contributed by atoms with Crippen LogP contribution in [0.2, 0.25) is 5.02 Å². The fourth-order valence-electron chi connectivity index (χ4n) is 4.84. The molecule has 3 aromatic rings. The molecule has 0 spiro atoms. The van der Waals surface area contributed by atoms with E-state index in [0.717, 1.165) is 34.9 Å². The van der Waals surface area contributed by atoms with Crippen molar-refractivity contribution < 1.29 is 18.0 Å². The minimum Gasteiger partial charge on any atom is -0.352 e. The molecule has 0 saturated carbocycles. The first-order chi connectivity index (χ1) is 19.9. The molecule has 0 saturated heterocycles. The van der Waals surface area contributed by atoms with Gasteiger partial charge < -0.3 is 10.2 Å². The van der Waals surface area contributed by atoms with Gasteiger partial charge in [-0.05, 0) is 62.4 Å². The Bertz CT molecular complexity index is 1460. The van der Waals surface area contributed by atoms with E-state index in [2.05, 4.69) is 5.32 Å². The van der Waals surface area contributed by atoms with Gasteiger partial charge in [0.2, 0.25) is 21.8 Å². The molecule has 0 unspecified atom stereocenters. The van der Waals surface area contributed by atoms with E-state index in [1.165, 1.54) is 4.31 Å². The first-order valence-corrected chi connectivity index (χ1v) is 16.5. The maximum absolute atomic E-state index is 14.0. The van der Waals surface area contributed by atoms with E-state index in [0.29, 0.717) is 17.1 Å². The second-order valence-corrected chi connectivity index (χ2v) is 13.2. The predicted molar refractivity (Wildman–Crippen MR) is 171 cm³/mol. The Morgan fingerprint density at radius 3 is 2.29 bits per heavy atom. The summed E-state index contributed by atoms with van der Waals surface area (Å²) in [6.07, 6.45) is 2.61. The Morgan fingerprint density at radius 2 is 1.64 bits per heavy atom. The highest BCUT2D eigenvalue weighted by atomic mass is 35.5. The van der Waals surface area contributed by atoms with Gasteiger partial charge in [0.1, 0.15) is 6.04 Å². The normalized spacial score (nSPS) is 12.8. The summed E-state index contributed by atoms with van der Waals surface area (Å²) in [6, 6.07) is 21.9. The van der Waals surface area contributed by atoms with Crippen LogP contribution in [-0.2, 0) is 32.6 Å². The fourth-order valence-corrected chi connectivity index (χ4v) is 6.02. The van der Waals surface area contributed by atoms with Crippen LogP contribution in [0.25, 0.3) is 0 Å². The van der Waals surface area contributed by atoms with Crippen molar-refractivity contribution in [3.8, 4) is 0 Å². The van der Waals surface area contributed by atoms with Crippen molar-refractivity contribution in [1.29, 1.82) is 0 Å².